The van der Waals surface area contributed by atoms with Crippen LogP contribution in [0, 0.1) is 6.92 Å². The zero-order chi connectivity index (χ0) is 16.9. The van der Waals surface area contributed by atoms with Crippen LogP contribution in [0.4, 0.5) is 5.69 Å². The van der Waals surface area contributed by atoms with Gasteiger partial charge < -0.3 is 10.2 Å². The number of benzene rings is 1. The zero-order valence-electron chi connectivity index (χ0n) is 13.3. The number of rotatable bonds is 7. The number of nitrogens with one attached hydrogen (secondary N) is 1. The highest BCUT2D eigenvalue weighted by Crippen LogP contribution is 2.27. The van der Waals surface area contributed by atoms with Crippen molar-refractivity contribution < 1.29 is 13.2 Å². The molecule has 1 aromatic carbocycles. The van der Waals surface area contributed by atoms with Gasteiger partial charge in [-0.3, -0.25) is 9.10 Å². The second-order valence-electron chi connectivity index (χ2n) is 5.31. The molecule has 0 aliphatic rings. The van der Waals surface area contributed by atoms with Gasteiger partial charge in [-0.2, -0.15) is 0 Å². The maximum absolute atomic E-state index is 12.0. The van der Waals surface area contributed by atoms with Crippen LogP contribution in [0.25, 0.3) is 0 Å². The Morgan fingerprint density at radius 3 is 2.50 bits per heavy atom. The summed E-state index contributed by atoms with van der Waals surface area (Å²) in [7, 11) is 0.196. The summed E-state index contributed by atoms with van der Waals surface area (Å²) in [5.74, 6) is -0.355. The van der Waals surface area contributed by atoms with E-state index in [2.05, 4.69) is 5.32 Å². The van der Waals surface area contributed by atoms with Crippen LogP contribution < -0.4 is 9.62 Å². The van der Waals surface area contributed by atoms with Crippen LogP contribution >= 0.6 is 11.6 Å². The third kappa shape index (κ3) is 5.47. The van der Waals surface area contributed by atoms with Crippen LogP contribution in [0.5, 0.6) is 0 Å². The molecule has 0 heterocycles. The Labute approximate surface area is 137 Å². The third-order valence-electron chi connectivity index (χ3n) is 3.08. The van der Waals surface area contributed by atoms with Gasteiger partial charge in [0.25, 0.3) is 0 Å². The van der Waals surface area contributed by atoms with Crippen LogP contribution in [-0.4, -0.2) is 59.2 Å². The topological polar surface area (TPSA) is 69.7 Å². The second-order valence-corrected chi connectivity index (χ2v) is 7.62. The number of sulfonamides is 1. The van der Waals surface area contributed by atoms with Gasteiger partial charge in [0.1, 0.15) is 6.54 Å². The molecule has 0 aromatic heterocycles. The molecule has 6 nitrogen and oxygen atoms in total. The molecule has 0 saturated carbocycles. The standard InChI is InChI=1S/C14H22ClN3O3S/c1-11-12(15)6-5-7-13(11)18(22(4,20)21)10-14(19)16-8-9-17(2)3/h5-7H,8-10H2,1-4H3,(H,16,19). The average Bonchev–Trinajstić information content (AvgIpc) is 2.38. The predicted molar refractivity (Wildman–Crippen MR) is 89.9 cm³/mol. The number of carbonyl (C=O) groups excluding carboxylic acids is 1. The maximum atomic E-state index is 12.0. The van der Waals surface area contributed by atoms with Crippen molar-refractivity contribution in [1.29, 1.82) is 0 Å². The molecule has 0 aliphatic heterocycles. The normalized spacial score (nSPS) is 11.5. The summed E-state index contributed by atoms with van der Waals surface area (Å²) >= 11 is 6.04. The molecule has 0 unspecified atom stereocenters. The summed E-state index contributed by atoms with van der Waals surface area (Å²) in [6.07, 6.45) is 1.07. The van der Waals surface area contributed by atoms with Gasteiger partial charge in [0, 0.05) is 18.1 Å². The minimum atomic E-state index is -3.59. The van der Waals surface area contributed by atoms with Crippen LogP contribution in [0.1, 0.15) is 5.56 Å². The Balaban J connectivity index is 2.92. The molecule has 1 aromatic rings. The van der Waals surface area contributed by atoms with Crippen molar-refractivity contribution in [2.45, 2.75) is 6.92 Å². The van der Waals surface area contributed by atoms with Gasteiger partial charge in [0.05, 0.1) is 11.9 Å². The van der Waals surface area contributed by atoms with Crippen molar-refractivity contribution in [3.05, 3.63) is 28.8 Å². The molecule has 1 rings (SSSR count). The van der Waals surface area contributed by atoms with Crippen molar-refractivity contribution >= 4 is 33.2 Å². The molecule has 0 saturated heterocycles. The number of hydrogen-bond acceptors (Lipinski definition) is 4. The number of carbonyl (C=O) groups is 1. The zero-order valence-corrected chi connectivity index (χ0v) is 14.8. The van der Waals surface area contributed by atoms with Crippen LogP contribution in [0.2, 0.25) is 5.02 Å². The highest BCUT2D eigenvalue weighted by molar-refractivity contribution is 7.92. The fourth-order valence-electron chi connectivity index (χ4n) is 1.85. The minimum Gasteiger partial charge on any atom is -0.353 e. The van der Waals surface area contributed by atoms with Crippen molar-refractivity contribution in [1.82, 2.24) is 10.2 Å². The summed E-state index contributed by atoms with van der Waals surface area (Å²) in [4.78, 5) is 13.9. The maximum Gasteiger partial charge on any atom is 0.240 e. The lowest BCUT2D eigenvalue weighted by Crippen LogP contribution is -2.42. The number of likely N-dealkylation sites (N-methyl/N-ethyl adjacent to an activating group) is 1. The molecule has 1 amide bonds. The Kier molecular flexibility index (Phi) is 6.65. The summed E-state index contributed by atoms with van der Waals surface area (Å²) in [5.41, 5.74) is 1.04. The van der Waals surface area contributed by atoms with Crippen LogP contribution in [0.15, 0.2) is 18.2 Å². The lowest BCUT2D eigenvalue weighted by molar-refractivity contribution is -0.119. The van der Waals surface area contributed by atoms with Gasteiger partial charge in [-0.05, 0) is 38.7 Å². The van der Waals surface area contributed by atoms with E-state index in [0.29, 0.717) is 29.4 Å². The molecule has 0 radical (unpaired) electrons. The van der Waals surface area contributed by atoms with E-state index in [1.54, 1.807) is 25.1 Å². The van der Waals surface area contributed by atoms with Gasteiger partial charge in [0.15, 0.2) is 0 Å². The molecular weight excluding hydrogens is 326 g/mol. The van der Waals surface area contributed by atoms with Crippen molar-refractivity contribution in [3.8, 4) is 0 Å². The van der Waals surface area contributed by atoms with E-state index in [4.69, 9.17) is 11.6 Å². The van der Waals surface area contributed by atoms with Gasteiger partial charge in [-0.15, -0.1) is 0 Å². The monoisotopic (exact) mass is 347 g/mol. The molecule has 22 heavy (non-hydrogen) atoms. The van der Waals surface area contributed by atoms with Gasteiger partial charge in [-0.25, -0.2) is 8.42 Å². The van der Waals surface area contributed by atoms with E-state index in [-0.39, 0.29) is 12.5 Å². The van der Waals surface area contributed by atoms with E-state index in [1.165, 1.54) is 0 Å². The number of amides is 1. The van der Waals surface area contributed by atoms with Gasteiger partial charge >= 0.3 is 0 Å². The SMILES string of the molecule is Cc1c(Cl)cccc1N(CC(=O)NCCN(C)C)S(C)(=O)=O. The molecule has 0 aliphatic carbocycles. The highest BCUT2D eigenvalue weighted by Gasteiger charge is 2.22. The predicted octanol–water partition coefficient (Wildman–Crippen LogP) is 1.09. The smallest absolute Gasteiger partial charge is 0.240 e. The van der Waals surface area contributed by atoms with Crippen LogP contribution in [-0.2, 0) is 14.8 Å². The minimum absolute atomic E-state index is 0.270. The van der Waals surface area contributed by atoms with E-state index >= 15 is 0 Å². The lowest BCUT2D eigenvalue weighted by Gasteiger charge is -2.24. The summed E-state index contributed by atoms with van der Waals surface area (Å²) in [6, 6.07) is 4.97. The van der Waals surface area contributed by atoms with Gasteiger partial charge in [0.2, 0.25) is 15.9 Å². The Bertz CT molecular complexity index is 632. The quantitative estimate of drug-likeness (QED) is 0.801. The fourth-order valence-corrected chi connectivity index (χ4v) is 2.93. The third-order valence-corrected chi connectivity index (χ3v) is 4.61. The van der Waals surface area contributed by atoms with Crippen molar-refractivity contribution in [3.63, 3.8) is 0 Å². The Morgan fingerprint density at radius 1 is 1.32 bits per heavy atom. The number of hydrogen-bond donors (Lipinski definition) is 1. The van der Waals surface area contributed by atoms with E-state index in [0.717, 1.165) is 10.6 Å². The number of nitrogens with zero attached hydrogens (tertiary/aromatic N) is 2. The lowest BCUT2D eigenvalue weighted by atomic mass is 10.2. The summed E-state index contributed by atoms with van der Waals surface area (Å²) < 4.78 is 25.1. The Hall–Kier alpha value is -1.31. The molecule has 124 valence electrons. The van der Waals surface area contributed by atoms with Crippen LogP contribution in [0.3, 0.4) is 0 Å². The largest absolute Gasteiger partial charge is 0.353 e. The van der Waals surface area contributed by atoms with E-state index in [9.17, 15) is 13.2 Å². The van der Waals surface area contributed by atoms with Gasteiger partial charge in [-0.1, -0.05) is 17.7 Å². The summed E-state index contributed by atoms with van der Waals surface area (Å²) in [6.45, 7) is 2.59. The first-order valence-corrected chi connectivity index (χ1v) is 9.00. The van der Waals surface area contributed by atoms with E-state index in [1.807, 2.05) is 19.0 Å². The first kappa shape index (κ1) is 18.7. The highest BCUT2D eigenvalue weighted by atomic mass is 35.5. The molecule has 0 spiro atoms. The molecule has 1 N–H and O–H groups in total. The molecule has 0 bridgehead atoms. The molecular formula is C14H22ClN3O3S. The molecule has 0 fully saturated rings. The Morgan fingerprint density at radius 2 is 1.95 bits per heavy atom. The van der Waals surface area contributed by atoms with Crippen molar-refractivity contribution in [2.24, 2.45) is 0 Å². The summed E-state index contributed by atoms with van der Waals surface area (Å²) in [5, 5.41) is 3.16. The molecule has 0 atom stereocenters. The average molecular weight is 348 g/mol. The first-order chi connectivity index (χ1) is 10.1. The van der Waals surface area contributed by atoms with Crippen molar-refractivity contribution in [2.75, 3.05) is 44.3 Å². The first-order valence-electron chi connectivity index (χ1n) is 6.77. The fraction of sp³-hybridized carbons (Fsp3) is 0.500. The second kappa shape index (κ2) is 7.80. The number of halogens is 1. The van der Waals surface area contributed by atoms with E-state index < -0.39 is 10.0 Å². The number of anilines is 1. The molecule has 8 heteroatoms.